The van der Waals surface area contributed by atoms with Crippen LogP contribution in [0.25, 0.3) is 22.0 Å². The highest BCUT2D eigenvalue weighted by molar-refractivity contribution is 5.60. The molecule has 1 aliphatic rings. The van der Waals surface area contributed by atoms with Crippen LogP contribution in [0.4, 0.5) is 5.82 Å². The molecule has 1 aromatic carbocycles. The van der Waals surface area contributed by atoms with Crippen molar-refractivity contribution in [3.05, 3.63) is 59.4 Å². The van der Waals surface area contributed by atoms with E-state index in [0.717, 1.165) is 36.9 Å². The highest BCUT2D eigenvalue weighted by Gasteiger charge is 2.30. The summed E-state index contributed by atoms with van der Waals surface area (Å²) in [6, 6.07) is 10.6. The minimum Gasteiger partial charge on any atom is -0.414 e. The van der Waals surface area contributed by atoms with Crippen LogP contribution < -0.4 is 0 Å². The fraction of sp³-hybridized carbons (Fsp3) is 0.409. The fourth-order valence-corrected chi connectivity index (χ4v) is 3.65. The summed E-state index contributed by atoms with van der Waals surface area (Å²) in [7, 11) is 0. The van der Waals surface area contributed by atoms with Crippen molar-refractivity contribution in [1.82, 2.24) is 14.8 Å². The Hall–Kier alpha value is -2.87. The van der Waals surface area contributed by atoms with Crippen LogP contribution in [0.1, 0.15) is 69.2 Å². The van der Waals surface area contributed by atoms with Crippen molar-refractivity contribution in [3.63, 3.8) is 0 Å². The van der Waals surface area contributed by atoms with E-state index < -0.39 is 0 Å². The molecule has 1 aliphatic carbocycles. The second-order valence-corrected chi connectivity index (χ2v) is 7.20. The van der Waals surface area contributed by atoms with Gasteiger partial charge >= 0.3 is 5.82 Å². The van der Waals surface area contributed by atoms with E-state index in [2.05, 4.69) is 53.0 Å². The third-order valence-electron chi connectivity index (χ3n) is 5.63. The molecule has 0 N–H and O–H groups in total. The maximum absolute atomic E-state index is 7.40. The molecule has 0 radical (unpaired) electrons. The minimum atomic E-state index is 0.288. The van der Waals surface area contributed by atoms with Crippen LogP contribution in [-0.2, 0) is 0 Å². The lowest BCUT2D eigenvalue weighted by Crippen LogP contribution is -2.08. The lowest BCUT2D eigenvalue weighted by molar-refractivity contribution is 0.330. The third-order valence-corrected chi connectivity index (χ3v) is 5.63. The largest absolute Gasteiger partial charge is 0.414 e. The first-order valence-corrected chi connectivity index (χ1v) is 9.78. The maximum atomic E-state index is 7.40. The molecule has 5 heteroatoms. The van der Waals surface area contributed by atoms with Crippen molar-refractivity contribution in [2.45, 2.75) is 57.8 Å². The number of rotatable bonds is 6. The zero-order chi connectivity index (χ0) is 18.8. The van der Waals surface area contributed by atoms with Gasteiger partial charge in [0.15, 0.2) is 0 Å². The number of aromatic nitrogens is 3. The van der Waals surface area contributed by atoms with Crippen molar-refractivity contribution >= 4 is 5.82 Å². The van der Waals surface area contributed by atoms with Crippen LogP contribution in [0.5, 0.6) is 0 Å². The van der Waals surface area contributed by atoms with E-state index in [1.807, 2.05) is 12.3 Å². The van der Waals surface area contributed by atoms with E-state index in [1.54, 1.807) is 4.68 Å². The van der Waals surface area contributed by atoms with E-state index in [0.29, 0.717) is 23.6 Å². The molecule has 0 atom stereocenters. The van der Waals surface area contributed by atoms with E-state index in [-0.39, 0.29) is 5.82 Å². The summed E-state index contributed by atoms with van der Waals surface area (Å²) in [6.07, 6.45) is 7.52. The molecular formula is C22H24N4O. The molecule has 0 bridgehead atoms. The van der Waals surface area contributed by atoms with Gasteiger partial charge in [0.05, 0.1) is 11.6 Å². The average Bonchev–Trinajstić information content (AvgIpc) is 3.29. The number of nitrogens with zero attached hydrogens (tertiary/aromatic N) is 4. The molecule has 0 amide bonds. The van der Waals surface area contributed by atoms with Gasteiger partial charge in [0.25, 0.3) is 5.89 Å². The highest BCUT2D eigenvalue weighted by atomic mass is 16.4. The van der Waals surface area contributed by atoms with Gasteiger partial charge in [-0.2, -0.15) is 5.10 Å². The number of oxazole rings is 1. The summed E-state index contributed by atoms with van der Waals surface area (Å²) in [5.41, 5.74) is 3.30. The van der Waals surface area contributed by atoms with Crippen LogP contribution in [0.3, 0.4) is 0 Å². The van der Waals surface area contributed by atoms with Gasteiger partial charge in [0.2, 0.25) is 5.88 Å². The SMILES string of the molecule is [C-]#[N+]c1nc(C2CCC2)oc1-n1ccc(-c2ccc(C(CC)CC)cc2)n1. The Morgan fingerprint density at radius 3 is 2.52 bits per heavy atom. The van der Waals surface area contributed by atoms with Crippen LogP contribution in [-0.4, -0.2) is 14.8 Å². The topological polar surface area (TPSA) is 48.2 Å². The van der Waals surface area contributed by atoms with Gasteiger partial charge in [0.1, 0.15) is 0 Å². The van der Waals surface area contributed by atoms with Crippen molar-refractivity contribution in [2.75, 3.05) is 0 Å². The molecule has 138 valence electrons. The van der Waals surface area contributed by atoms with Crippen molar-refractivity contribution in [3.8, 4) is 17.1 Å². The minimum absolute atomic E-state index is 0.288. The Labute approximate surface area is 159 Å². The van der Waals surface area contributed by atoms with E-state index in [4.69, 9.17) is 11.0 Å². The zero-order valence-electron chi connectivity index (χ0n) is 15.9. The molecular weight excluding hydrogens is 336 g/mol. The fourth-order valence-electron chi connectivity index (χ4n) is 3.65. The molecule has 5 nitrogen and oxygen atoms in total. The normalized spacial score (nSPS) is 14.3. The van der Waals surface area contributed by atoms with Crippen LogP contribution in [0.2, 0.25) is 0 Å². The summed E-state index contributed by atoms with van der Waals surface area (Å²) < 4.78 is 7.53. The second-order valence-electron chi connectivity index (χ2n) is 7.20. The van der Waals surface area contributed by atoms with Gasteiger partial charge in [-0.15, -0.1) is 0 Å². The van der Waals surface area contributed by atoms with Crippen LogP contribution in [0, 0.1) is 6.57 Å². The van der Waals surface area contributed by atoms with Gasteiger partial charge in [-0.25, -0.2) is 4.68 Å². The van der Waals surface area contributed by atoms with E-state index in [9.17, 15) is 0 Å². The monoisotopic (exact) mass is 360 g/mol. The standard InChI is InChI=1S/C22H24N4O/c1-4-15(5-2)16-9-11-17(12-10-16)19-13-14-26(25-19)22-20(23-3)24-21(27-22)18-7-6-8-18/h9-15,18H,4-8H2,1-2H3. The Morgan fingerprint density at radius 2 is 1.93 bits per heavy atom. The second kappa shape index (κ2) is 7.40. The number of hydrogen-bond donors (Lipinski definition) is 0. The first kappa shape index (κ1) is 17.5. The molecule has 2 heterocycles. The number of benzene rings is 1. The van der Waals surface area contributed by atoms with Gasteiger partial charge in [-0.3, -0.25) is 0 Å². The molecule has 1 saturated carbocycles. The summed E-state index contributed by atoms with van der Waals surface area (Å²) >= 11 is 0. The maximum Gasteiger partial charge on any atom is 0.335 e. The average molecular weight is 360 g/mol. The lowest BCUT2D eigenvalue weighted by Gasteiger charge is -2.19. The number of hydrogen-bond acceptors (Lipinski definition) is 3. The first-order valence-electron chi connectivity index (χ1n) is 9.78. The summed E-state index contributed by atoms with van der Waals surface area (Å²) in [6.45, 7) is 11.9. The molecule has 0 unspecified atom stereocenters. The summed E-state index contributed by atoms with van der Waals surface area (Å²) in [5.74, 6) is 2.35. The Balaban J connectivity index is 1.60. The smallest absolute Gasteiger partial charge is 0.335 e. The van der Waals surface area contributed by atoms with Crippen LogP contribution >= 0.6 is 0 Å². The van der Waals surface area contributed by atoms with Crippen molar-refractivity contribution in [2.24, 2.45) is 0 Å². The molecule has 0 saturated heterocycles. The molecule has 3 aromatic rings. The summed E-state index contributed by atoms with van der Waals surface area (Å²) in [4.78, 5) is 7.90. The van der Waals surface area contributed by atoms with Crippen molar-refractivity contribution < 1.29 is 4.42 Å². The van der Waals surface area contributed by atoms with Gasteiger partial charge in [-0.1, -0.05) is 56.1 Å². The molecule has 4 rings (SSSR count). The Bertz CT molecular complexity index is 953. The van der Waals surface area contributed by atoms with Gasteiger partial charge < -0.3 is 9.26 Å². The highest BCUT2D eigenvalue weighted by Crippen LogP contribution is 2.39. The zero-order valence-corrected chi connectivity index (χ0v) is 15.9. The molecule has 0 spiro atoms. The van der Waals surface area contributed by atoms with Crippen LogP contribution in [0.15, 0.2) is 40.9 Å². The molecule has 0 aliphatic heterocycles. The first-order chi connectivity index (χ1) is 13.2. The van der Waals surface area contributed by atoms with E-state index >= 15 is 0 Å². The van der Waals surface area contributed by atoms with E-state index in [1.165, 1.54) is 12.0 Å². The quantitative estimate of drug-likeness (QED) is 0.488. The molecule has 27 heavy (non-hydrogen) atoms. The van der Waals surface area contributed by atoms with Gasteiger partial charge in [-0.05, 0) is 43.2 Å². The third kappa shape index (κ3) is 3.28. The Kier molecular flexibility index (Phi) is 4.81. The summed E-state index contributed by atoms with van der Waals surface area (Å²) in [5, 5.41) is 4.63. The van der Waals surface area contributed by atoms with Gasteiger partial charge in [0, 0.05) is 11.8 Å². The molecule has 2 aromatic heterocycles. The molecule has 1 fully saturated rings. The Morgan fingerprint density at radius 1 is 1.19 bits per heavy atom. The lowest BCUT2D eigenvalue weighted by atomic mass is 9.85. The predicted molar refractivity (Wildman–Crippen MR) is 105 cm³/mol. The van der Waals surface area contributed by atoms with Crippen molar-refractivity contribution in [1.29, 1.82) is 0 Å². The predicted octanol–water partition coefficient (Wildman–Crippen LogP) is 6.25.